The summed E-state index contributed by atoms with van der Waals surface area (Å²) in [5, 5.41) is 0.866. The molecule has 0 radical (unpaired) electrons. The number of amides is 1. The van der Waals surface area contributed by atoms with Gasteiger partial charge in [0.1, 0.15) is 11.3 Å². The van der Waals surface area contributed by atoms with E-state index in [0.717, 1.165) is 36.8 Å². The highest BCUT2D eigenvalue weighted by Crippen LogP contribution is 2.25. The van der Waals surface area contributed by atoms with E-state index in [9.17, 15) is 9.59 Å². The molecule has 1 amide bonds. The summed E-state index contributed by atoms with van der Waals surface area (Å²) in [6.45, 7) is 3.14. The van der Waals surface area contributed by atoms with Crippen LogP contribution >= 0.6 is 12.4 Å². The number of rotatable bonds is 5. The van der Waals surface area contributed by atoms with Crippen LogP contribution in [0.4, 0.5) is 0 Å². The maximum atomic E-state index is 12.6. The minimum Gasteiger partial charge on any atom is -0.497 e. The predicted molar refractivity (Wildman–Crippen MR) is 108 cm³/mol. The van der Waals surface area contributed by atoms with E-state index < -0.39 is 0 Å². The Morgan fingerprint density at radius 1 is 1.37 bits per heavy atom. The van der Waals surface area contributed by atoms with Gasteiger partial charge in [0.15, 0.2) is 0 Å². The number of ether oxygens (including phenoxy) is 1. The zero-order chi connectivity index (χ0) is 18.7. The second-order valence-corrected chi connectivity index (χ2v) is 6.83. The van der Waals surface area contributed by atoms with Crippen LogP contribution in [-0.2, 0) is 11.2 Å². The van der Waals surface area contributed by atoms with E-state index in [1.807, 2.05) is 24.0 Å². The van der Waals surface area contributed by atoms with E-state index in [4.69, 9.17) is 14.9 Å². The lowest BCUT2D eigenvalue weighted by atomic mass is 9.99. The fraction of sp³-hybridized carbons (Fsp3) is 0.500. The number of hydrogen-bond donors (Lipinski definition) is 1. The molecule has 148 valence electrons. The van der Waals surface area contributed by atoms with E-state index in [-0.39, 0.29) is 30.0 Å². The average molecular weight is 395 g/mol. The lowest BCUT2D eigenvalue weighted by Gasteiger charge is -2.35. The van der Waals surface area contributed by atoms with Gasteiger partial charge in [0.25, 0.3) is 0 Å². The molecule has 1 aromatic carbocycles. The number of nitrogens with zero attached hydrogens (tertiary/aromatic N) is 1. The number of halogens is 1. The minimum absolute atomic E-state index is 0. The second kappa shape index (κ2) is 9.24. The summed E-state index contributed by atoms with van der Waals surface area (Å²) >= 11 is 0. The fourth-order valence-electron chi connectivity index (χ4n) is 3.74. The first-order valence-corrected chi connectivity index (χ1v) is 9.15. The van der Waals surface area contributed by atoms with Crippen LogP contribution < -0.4 is 16.1 Å². The number of methoxy groups -OCH3 is 1. The summed E-state index contributed by atoms with van der Waals surface area (Å²) in [6.07, 6.45) is 3.76. The third-order valence-electron chi connectivity index (χ3n) is 5.30. The number of benzene rings is 1. The van der Waals surface area contributed by atoms with Crippen LogP contribution in [0.1, 0.15) is 36.8 Å². The van der Waals surface area contributed by atoms with Crippen molar-refractivity contribution >= 4 is 29.3 Å². The highest BCUT2D eigenvalue weighted by Gasteiger charge is 2.25. The number of carbonyl (C=O) groups is 1. The van der Waals surface area contributed by atoms with Crippen molar-refractivity contribution in [3.8, 4) is 5.75 Å². The summed E-state index contributed by atoms with van der Waals surface area (Å²) in [4.78, 5) is 26.9. The van der Waals surface area contributed by atoms with Gasteiger partial charge >= 0.3 is 5.63 Å². The largest absolute Gasteiger partial charge is 0.497 e. The Morgan fingerprint density at radius 2 is 2.15 bits per heavy atom. The first kappa shape index (κ1) is 21.3. The zero-order valence-corrected chi connectivity index (χ0v) is 16.6. The topological polar surface area (TPSA) is 85.8 Å². The lowest BCUT2D eigenvalue weighted by molar-refractivity contribution is -0.134. The monoisotopic (exact) mass is 394 g/mol. The molecule has 1 atom stereocenters. The summed E-state index contributed by atoms with van der Waals surface area (Å²) < 4.78 is 10.6. The van der Waals surface area contributed by atoms with Gasteiger partial charge in [-0.05, 0) is 50.3 Å². The van der Waals surface area contributed by atoms with Crippen molar-refractivity contribution in [2.45, 2.75) is 45.1 Å². The van der Waals surface area contributed by atoms with Crippen molar-refractivity contribution < 1.29 is 13.9 Å². The number of nitrogens with two attached hydrogens (primary N) is 1. The highest BCUT2D eigenvalue weighted by atomic mass is 35.5. The van der Waals surface area contributed by atoms with Crippen molar-refractivity contribution in [2.75, 3.05) is 20.2 Å². The molecule has 1 aliphatic rings. The molecule has 2 heterocycles. The van der Waals surface area contributed by atoms with E-state index in [0.29, 0.717) is 36.3 Å². The van der Waals surface area contributed by atoms with E-state index in [1.54, 1.807) is 13.2 Å². The molecular formula is C20H27ClN2O4. The molecule has 0 bridgehead atoms. The third-order valence-corrected chi connectivity index (χ3v) is 5.30. The van der Waals surface area contributed by atoms with Crippen LogP contribution in [0.15, 0.2) is 27.4 Å². The van der Waals surface area contributed by atoms with Crippen molar-refractivity contribution in [2.24, 2.45) is 5.73 Å². The zero-order valence-electron chi connectivity index (χ0n) is 15.8. The number of aryl methyl sites for hydroxylation is 1. The van der Waals surface area contributed by atoms with Gasteiger partial charge in [-0.15, -0.1) is 12.4 Å². The van der Waals surface area contributed by atoms with Gasteiger partial charge in [-0.1, -0.05) is 0 Å². The summed E-state index contributed by atoms with van der Waals surface area (Å²) in [7, 11) is 1.57. The van der Waals surface area contributed by atoms with Crippen LogP contribution in [0.2, 0.25) is 0 Å². The van der Waals surface area contributed by atoms with Crippen LogP contribution in [-0.4, -0.2) is 37.0 Å². The molecule has 2 N–H and O–H groups in total. The Kier molecular flexibility index (Phi) is 7.27. The molecule has 7 heteroatoms. The molecule has 1 saturated heterocycles. The Balaban J connectivity index is 0.00000261. The van der Waals surface area contributed by atoms with Gasteiger partial charge < -0.3 is 19.8 Å². The smallest absolute Gasteiger partial charge is 0.339 e. The van der Waals surface area contributed by atoms with Crippen molar-refractivity contribution in [1.29, 1.82) is 0 Å². The van der Waals surface area contributed by atoms with Crippen molar-refractivity contribution in [1.82, 2.24) is 4.90 Å². The van der Waals surface area contributed by atoms with Crippen molar-refractivity contribution in [3.05, 3.63) is 39.7 Å². The SMILES string of the molecule is COc1ccc2c(C)c(CCC(=O)N3CCCCC3CN)c(=O)oc2c1.Cl. The molecular weight excluding hydrogens is 368 g/mol. The van der Waals surface area contributed by atoms with Gasteiger partial charge in [0.05, 0.1) is 7.11 Å². The molecule has 6 nitrogen and oxygen atoms in total. The van der Waals surface area contributed by atoms with Crippen LogP contribution in [0.3, 0.4) is 0 Å². The predicted octanol–water partition coefficient (Wildman–Crippen LogP) is 2.80. The second-order valence-electron chi connectivity index (χ2n) is 6.83. The fourth-order valence-corrected chi connectivity index (χ4v) is 3.74. The molecule has 27 heavy (non-hydrogen) atoms. The molecule has 3 rings (SSSR count). The van der Waals surface area contributed by atoms with Crippen LogP contribution in [0.25, 0.3) is 11.0 Å². The Hall–Kier alpha value is -2.05. The summed E-state index contributed by atoms with van der Waals surface area (Å²) in [6, 6.07) is 5.55. The molecule has 0 aliphatic carbocycles. The summed E-state index contributed by atoms with van der Waals surface area (Å²) in [5.74, 6) is 0.703. The Morgan fingerprint density at radius 3 is 2.85 bits per heavy atom. The third kappa shape index (κ3) is 4.45. The molecule has 1 fully saturated rings. The van der Waals surface area contributed by atoms with Crippen LogP contribution in [0.5, 0.6) is 5.75 Å². The Labute approximate surface area is 165 Å². The molecule has 1 aromatic heterocycles. The minimum atomic E-state index is -0.384. The van der Waals surface area contributed by atoms with Gasteiger partial charge in [-0.2, -0.15) is 0 Å². The van der Waals surface area contributed by atoms with Gasteiger partial charge in [-0.3, -0.25) is 4.79 Å². The number of likely N-dealkylation sites (tertiary alicyclic amines) is 1. The number of carbonyl (C=O) groups excluding carboxylic acids is 1. The molecule has 2 aromatic rings. The number of hydrogen-bond acceptors (Lipinski definition) is 5. The first-order valence-electron chi connectivity index (χ1n) is 9.15. The highest BCUT2D eigenvalue weighted by molar-refractivity contribution is 5.85. The normalized spacial score (nSPS) is 16.9. The van der Waals surface area contributed by atoms with Crippen LogP contribution in [0, 0.1) is 6.92 Å². The van der Waals surface area contributed by atoms with Crippen molar-refractivity contribution in [3.63, 3.8) is 0 Å². The standard InChI is InChI=1S/C20H26N2O4.ClH/c1-13-16-7-6-15(25-2)11-18(16)26-20(24)17(13)8-9-19(23)22-10-4-3-5-14(22)12-21;/h6-7,11,14H,3-5,8-10,12,21H2,1-2H3;1H. The van der Waals surface area contributed by atoms with Gasteiger partial charge in [0.2, 0.25) is 5.91 Å². The maximum Gasteiger partial charge on any atom is 0.339 e. The first-order chi connectivity index (χ1) is 12.5. The molecule has 0 spiro atoms. The lowest BCUT2D eigenvalue weighted by Crippen LogP contribution is -2.47. The summed E-state index contributed by atoms with van der Waals surface area (Å²) in [5.41, 5.74) is 7.35. The Bertz CT molecular complexity index is 865. The quantitative estimate of drug-likeness (QED) is 0.788. The van der Waals surface area contributed by atoms with E-state index >= 15 is 0 Å². The van der Waals surface area contributed by atoms with E-state index in [1.165, 1.54) is 0 Å². The molecule has 0 saturated carbocycles. The molecule has 1 unspecified atom stereocenters. The number of piperidine rings is 1. The van der Waals surface area contributed by atoms with E-state index in [2.05, 4.69) is 0 Å². The maximum absolute atomic E-state index is 12.6. The molecule has 1 aliphatic heterocycles. The van der Waals surface area contributed by atoms with Gasteiger partial charge in [-0.25, -0.2) is 4.79 Å². The number of fused-ring (bicyclic) bond motifs is 1. The average Bonchev–Trinajstić information content (AvgIpc) is 2.67. The van der Waals surface area contributed by atoms with Gasteiger partial charge in [0, 0.05) is 42.6 Å².